The maximum absolute atomic E-state index is 13.1. The van der Waals surface area contributed by atoms with Gasteiger partial charge in [0.1, 0.15) is 0 Å². The molecule has 0 saturated heterocycles. The molecule has 0 aliphatic heterocycles. The van der Waals surface area contributed by atoms with Crippen LogP contribution in [0.4, 0.5) is 0 Å². The van der Waals surface area contributed by atoms with Crippen molar-refractivity contribution in [3.63, 3.8) is 0 Å². The number of allylic oxidation sites excluding steroid dienone is 1. The van der Waals surface area contributed by atoms with Gasteiger partial charge >= 0.3 is 5.97 Å². The van der Waals surface area contributed by atoms with E-state index in [9.17, 15) is 14.7 Å². The smallest absolute Gasteiger partial charge is 0.334 e. The van der Waals surface area contributed by atoms with Gasteiger partial charge in [0.05, 0.1) is 11.0 Å². The lowest BCUT2D eigenvalue weighted by Crippen LogP contribution is -2.61. The quantitative estimate of drug-likeness (QED) is 0.487. The normalized spacial score (nSPS) is 37.1. The van der Waals surface area contributed by atoms with Gasteiger partial charge in [0.2, 0.25) is 0 Å². The van der Waals surface area contributed by atoms with Gasteiger partial charge in [-0.25, -0.2) is 4.79 Å². The Hall–Kier alpha value is -1.42. The van der Waals surface area contributed by atoms with Crippen molar-refractivity contribution >= 4 is 11.8 Å². The molecule has 0 radical (unpaired) electrons. The molecule has 0 aromatic heterocycles. The second-order valence-corrected chi connectivity index (χ2v) is 7.95. The van der Waals surface area contributed by atoms with Crippen molar-refractivity contribution in [2.45, 2.75) is 72.5 Å². The Kier molecular flexibility index (Phi) is 5.10. The molecule has 4 heteroatoms. The summed E-state index contributed by atoms with van der Waals surface area (Å²) in [5, 5.41) is 11.4. The Bertz CT molecular complexity index is 601. The minimum absolute atomic E-state index is 0.185. The van der Waals surface area contributed by atoms with E-state index in [1.165, 1.54) is 0 Å². The van der Waals surface area contributed by atoms with Crippen molar-refractivity contribution in [2.24, 2.45) is 17.3 Å². The van der Waals surface area contributed by atoms with E-state index >= 15 is 0 Å². The molecule has 0 spiro atoms. The van der Waals surface area contributed by atoms with E-state index in [2.05, 4.69) is 13.8 Å². The van der Waals surface area contributed by atoms with Crippen LogP contribution in [0.1, 0.15) is 60.8 Å². The van der Waals surface area contributed by atoms with Crippen LogP contribution in [-0.4, -0.2) is 28.6 Å². The number of ether oxygens (including phenoxy) is 1. The molecule has 2 aliphatic carbocycles. The van der Waals surface area contributed by atoms with Gasteiger partial charge in [-0.2, -0.15) is 0 Å². The molecule has 2 aliphatic rings. The second kappa shape index (κ2) is 6.47. The average molecular weight is 334 g/mol. The summed E-state index contributed by atoms with van der Waals surface area (Å²) in [6.07, 6.45) is 4.50. The maximum atomic E-state index is 13.1. The first-order chi connectivity index (χ1) is 11.1. The Morgan fingerprint density at radius 1 is 1.46 bits per heavy atom. The van der Waals surface area contributed by atoms with Crippen LogP contribution in [0.2, 0.25) is 0 Å². The van der Waals surface area contributed by atoms with E-state index in [0.29, 0.717) is 30.3 Å². The molecular weight excluding hydrogens is 304 g/mol. The van der Waals surface area contributed by atoms with Crippen LogP contribution in [0.3, 0.4) is 0 Å². The van der Waals surface area contributed by atoms with Crippen LogP contribution >= 0.6 is 0 Å². The van der Waals surface area contributed by atoms with Crippen LogP contribution < -0.4 is 0 Å². The highest BCUT2D eigenvalue weighted by molar-refractivity contribution is 5.97. The molecule has 2 rings (SSSR count). The summed E-state index contributed by atoms with van der Waals surface area (Å²) in [6, 6.07) is 0. The van der Waals surface area contributed by atoms with Crippen molar-refractivity contribution in [1.29, 1.82) is 0 Å². The monoisotopic (exact) mass is 334 g/mol. The van der Waals surface area contributed by atoms with Gasteiger partial charge in [-0.05, 0) is 70.4 Å². The number of hydrogen-bond acceptors (Lipinski definition) is 4. The average Bonchev–Trinajstić information content (AvgIpc) is 2.53. The van der Waals surface area contributed by atoms with E-state index in [1.54, 1.807) is 26.0 Å². The summed E-state index contributed by atoms with van der Waals surface area (Å²) < 4.78 is 5.42. The van der Waals surface area contributed by atoms with Gasteiger partial charge in [-0.1, -0.05) is 19.9 Å². The fourth-order valence-corrected chi connectivity index (χ4v) is 4.05. The van der Waals surface area contributed by atoms with Crippen LogP contribution in [0.5, 0.6) is 0 Å². The van der Waals surface area contributed by atoms with Crippen LogP contribution in [0, 0.1) is 17.3 Å². The summed E-state index contributed by atoms with van der Waals surface area (Å²) in [4.78, 5) is 25.1. The largest absolute Gasteiger partial charge is 0.447 e. The fourth-order valence-electron chi connectivity index (χ4n) is 4.05. The number of rotatable bonds is 3. The Morgan fingerprint density at radius 3 is 2.62 bits per heavy atom. The zero-order chi connectivity index (χ0) is 18.3. The first-order valence-corrected chi connectivity index (χ1v) is 8.86. The van der Waals surface area contributed by atoms with Gasteiger partial charge in [0, 0.05) is 5.57 Å². The molecule has 0 aromatic carbocycles. The fraction of sp³-hybridized carbons (Fsp3) is 0.700. The van der Waals surface area contributed by atoms with Gasteiger partial charge in [-0.3, -0.25) is 4.79 Å². The third kappa shape index (κ3) is 2.85. The molecule has 1 saturated carbocycles. The third-order valence-corrected chi connectivity index (χ3v) is 6.27. The highest BCUT2D eigenvalue weighted by Gasteiger charge is 2.60. The van der Waals surface area contributed by atoms with Gasteiger partial charge in [0.15, 0.2) is 11.9 Å². The lowest BCUT2D eigenvalue weighted by Gasteiger charge is -2.54. The van der Waals surface area contributed by atoms with E-state index in [0.717, 1.165) is 12.0 Å². The Morgan fingerprint density at radius 2 is 2.08 bits per heavy atom. The zero-order valence-corrected chi connectivity index (χ0v) is 15.7. The third-order valence-electron chi connectivity index (χ3n) is 6.27. The van der Waals surface area contributed by atoms with Gasteiger partial charge in [0.25, 0.3) is 0 Å². The van der Waals surface area contributed by atoms with Crippen LogP contribution in [0.15, 0.2) is 23.3 Å². The molecule has 134 valence electrons. The van der Waals surface area contributed by atoms with Crippen molar-refractivity contribution in [3.05, 3.63) is 23.3 Å². The number of carbonyl (C=O) groups is 2. The summed E-state index contributed by atoms with van der Waals surface area (Å²) in [5.41, 5.74) is -0.823. The second-order valence-electron chi connectivity index (χ2n) is 7.95. The topological polar surface area (TPSA) is 63.6 Å². The summed E-state index contributed by atoms with van der Waals surface area (Å²) >= 11 is 0. The molecule has 4 nitrogen and oxygen atoms in total. The highest BCUT2D eigenvalue weighted by atomic mass is 16.5. The number of Topliss-reactive ketones (excluding diaryl/α,β-unsaturated/α-hetero) is 1. The molecule has 1 fully saturated rings. The molecule has 0 bridgehead atoms. The van der Waals surface area contributed by atoms with Crippen molar-refractivity contribution in [2.75, 3.05) is 0 Å². The number of ketones is 1. The van der Waals surface area contributed by atoms with E-state index in [-0.39, 0.29) is 5.78 Å². The highest BCUT2D eigenvalue weighted by Crippen LogP contribution is 2.54. The first-order valence-electron chi connectivity index (χ1n) is 8.86. The predicted octanol–water partition coefficient (Wildman–Crippen LogP) is 3.59. The van der Waals surface area contributed by atoms with Crippen molar-refractivity contribution in [3.8, 4) is 0 Å². The molecule has 0 aromatic rings. The predicted molar refractivity (Wildman–Crippen MR) is 93.3 cm³/mol. The zero-order valence-electron chi connectivity index (χ0n) is 15.7. The minimum Gasteiger partial charge on any atom is -0.447 e. The molecular formula is C20H30O4. The molecule has 4 unspecified atom stereocenters. The summed E-state index contributed by atoms with van der Waals surface area (Å²) in [7, 11) is 0. The van der Waals surface area contributed by atoms with E-state index in [4.69, 9.17) is 4.74 Å². The van der Waals surface area contributed by atoms with Crippen molar-refractivity contribution < 1.29 is 19.4 Å². The molecule has 1 N–H and O–H groups in total. The Balaban J connectivity index is 2.36. The number of fused-ring (bicyclic) bond motifs is 1. The van der Waals surface area contributed by atoms with E-state index < -0.39 is 23.1 Å². The summed E-state index contributed by atoms with van der Waals surface area (Å²) in [6.45, 7) is 11.4. The van der Waals surface area contributed by atoms with Crippen molar-refractivity contribution in [1.82, 2.24) is 0 Å². The Labute approximate surface area is 145 Å². The maximum Gasteiger partial charge on any atom is 0.334 e. The lowest BCUT2D eigenvalue weighted by atomic mass is 9.53. The minimum atomic E-state index is -1.14. The van der Waals surface area contributed by atoms with Crippen LogP contribution in [0.25, 0.3) is 0 Å². The molecule has 0 heterocycles. The molecule has 4 atom stereocenters. The van der Waals surface area contributed by atoms with E-state index in [1.807, 2.05) is 13.8 Å². The van der Waals surface area contributed by atoms with Gasteiger partial charge < -0.3 is 9.84 Å². The molecule has 24 heavy (non-hydrogen) atoms. The number of aliphatic hydroxyl groups is 1. The van der Waals surface area contributed by atoms with Gasteiger partial charge in [-0.15, -0.1) is 0 Å². The standard InChI is InChI=1S/C20H30O4/c1-7-13(4)18(22)24-16-10-14(5)20(23)11-15(12(2)3)8-9-19(20,6)17(16)21/h7,10,12,15-16,23H,8-9,11H2,1-6H3. The summed E-state index contributed by atoms with van der Waals surface area (Å²) in [5.74, 6) is 0.192. The number of esters is 1. The van der Waals surface area contributed by atoms with Crippen LogP contribution in [-0.2, 0) is 14.3 Å². The first kappa shape index (κ1) is 18.9. The SMILES string of the molecule is CC=C(C)C(=O)OC1C=C(C)C2(O)CC(C(C)C)CCC2(C)C1=O. The number of hydrogen-bond donors (Lipinski definition) is 1. The number of carbonyl (C=O) groups excluding carboxylic acids is 2. The lowest BCUT2D eigenvalue weighted by molar-refractivity contribution is -0.170. The molecule has 0 amide bonds.